The van der Waals surface area contributed by atoms with Crippen molar-refractivity contribution in [3.05, 3.63) is 17.5 Å². The molecule has 0 spiro atoms. The van der Waals surface area contributed by atoms with Crippen LogP contribution < -0.4 is 0 Å². The predicted octanol–water partition coefficient (Wildman–Crippen LogP) is -0.453. The highest BCUT2D eigenvalue weighted by Crippen LogP contribution is 2.13. The van der Waals surface area contributed by atoms with E-state index < -0.39 is 10.2 Å². The van der Waals surface area contributed by atoms with E-state index in [4.69, 9.17) is 4.52 Å². The molecule has 0 bridgehead atoms. The highest BCUT2D eigenvalue weighted by molar-refractivity contribution is 7.86. The maximum absolute atomic E-state index is 12.1. The summed E-state index contributed by atoms with van der Waals surface area (Å²) in [6, 6.07) is 1.57. The van der Waals surface area contributed by atoms with Crippen LogP contribution in [0.2, 0.25) is 0 Å². The molecule has 0 aliphatic carbocycles. The number of amides is 1. The molecule has 1 saturated heterocycles. The molecule has 1 aliphatic rings. The number of carbonyl (C=O) groups is 1. The number of hydrogen-bond acceptors (Lipinski definition) is 5. The van der Waals surface area contributed by atoms with Crippen LogP contribution in [-0.2, 0) is 10.2 Å². The highest BCUT2D eigenvalue weighted by atomic mass is 32.2. The molecule has 1 aromatic heterocycles. The first-order chi connectivity index (χ1) is 9.32. The van der Waals surface area contributed by atoms with Crippen LogP contribution in [0, 0.1) is 6.92 Å². The van der Waals surface area contributed by atoms with Crippen molar-refractivity contribution < 1.29 is 17.7 Å². The van der Waals surface area contributed by atoms with Gasteiger partial charge in [0.25, 0.3) is 16.1 Å². The molecule has 2 rings (SSSR count). The zero-order chi connectivity index (χ0) is 14.9. The summed E-state index contributed by atoms with van der Waals surface area (Å²) in [5, 5.41) is 3.67. The quantitative estimate of drug-likeness (QED) is 0.754. The first-order valence-electron chi connectivity index (χ1n) is 6.22. The van der Waals surface area contributed by atoms with Crippen molar-refractivity contribution in [3.63, 3.8) is 0 Å². The van der Waals surface area contributed by atoms with Crippen molar-refractivity contribution >= 4 is 16.1 Å². The van der Waals surface area contributed by atoms with Crippen LogP contribution >= 0.6 is 0 Å². The van der Waals surface area contributed by atoms with E-state index in [-0.39, 0.29) is 24.8 Å². The van der Waals surface area contributed by atoms with Gasteiger partial charge >= 0.3 is 0 Å². The second-order valence-electron chi connectivity index (χ2n) is 4.81. The molecule has 0 aromatic carbocycles. The van der Waals surface area contributed by atoms with Crippen LogP contribution in [0.1, 0.15) is 16.2 Å². The second kappa shape index (κ2) is 5.51. The summed E-state index contributed by atoms with van der Waals surface area (Å²) in [5.41, 5.74) is 0.641. The molecule has 0 radical (unpaired) electrons. The van der Waals surface area contributed by atoms with Gasteiger partial charge in [0.2, 0.25) is 5.76 Å². The average Bonchev–Trinajstić information content (AvgIpc) is 2.84. The Labute approximate surface area is 118 Å². The van der Waals surface area contributed by atoms with Gasteiger partial charge in [0.1, 0.15) is 0 Å². The molecule has 1 aromatic rings. The third-order valence-electron chi connectivity index (χ3n) is 3.15. The molecular formula is C11H18N4O4S. The van der Waals surface area contributed by atoms with E-state index in [2.05, 4.69) is 5.16 Å². The van der Waals surface area contributed by atoms with Gasteiger partial charge in [-0.05, 0) is 6.92 Å². The van der Waals surface area contributed by atoms with E-state index in [9.17, 15) is 13.2 Å². The predicted molar refractivity (Wildman–Crippen MR) is 71.3 cm³/mol. The fourth-order valence-corrected chi connectivity index (χ4v) is 3.06. The van der Waals surface area contributed by atoms with E-state index in [0.717, 1.165) is 0 Å². The van der Waals surface area contributed by atoms with Gasteiger partial charge in [-0.2, -0.15) is 17.0 Å². The van der Waals surface area contributed by atoms with Crippen LogP contribution in [-0.4, -0.2) is 73.3 Å². The fourth-order valence-electron chi connectivity index (χ4n) is 1.97. The van der Waals surface area contributed by atoms with Crippen LogP contribution in [0.3, 0.4) is 0 Å². The second-order valence-corrected chi connectivity index (χ2v) is 6.96. The Hall–Kier alpha value is -1.45. The summed E-state index contributed by atoms with van der Waals surface area (Å²) in [7, 11) is -0.436. The number of rotatable bonds is 3. The van der Waals surface area contributed by atoms with Crippen LogP contribution in [0.25, 0.3) is 0 Å². The summed E-state index contributed by atoms with van der Waals surface area (Å²) in [4.78, 5) is 13.7. The summed E-state index contributed by atoms with van der Waals surface area (Å²) in [6.45, 7) is 2.97. The van der Waals surface area contributed by atoms with Gasteiger partial charge in [0.05, 0.1) is 5.69 Å². The third-order valence-corrected chi connectivity index (χ3v) is 5.09. The molecule has 0 atom stereocenters. The van der Waals surface area contributed by atoms with Gasteiger partial charge in [-0.3, -0.25) is 4.79 Å². The van der Waals surface area contributed by atoms with Gasteiger partial charge in [0, 0.05) is 46.3 Å². The highest BCUT2D eigenvalue weighted by Gasteiger charge is 2.31. The van der Waals surface area contributed by atoms with E-state index >= 15 is 0 Å². The zero-order valence-corrected chi connectivity index (χ0v) is 12.6. The fraction of sp³-hybridized carbons (Fsp3) is 0.636. The van der Waals surface area contributed by atoms with Gasteiger partial charge in [-0.1, -0.05) is 5.16 Å². The summed E-state index contributed by atoms with van der Waals surface area (Å²) < 4.78 is 31.4. The normalized spacial score (nSPS) is 17.7. The Kier molecular flexibility index (Phi) is 4.11. The standard InChI is InChI=1S/C11H18N4O4S/c1-9-8-10(19-12-9)11(16)14-4-6-15(7-5-14)20(17,18)13(2)3/h8H,4-7H2,1-3H3. The SMILES string of the molecule is Cc1cc(C(=O)N2CCN(S(=O)(=O)N(C)C)CC2)on1. The first kappa shape index (κ1) is 14.9. The van der Waals surface area contributed by atoms with E-state index in [0.29, 0.717) is 18.8 Å². The number of hydrogen-bond donors (Lipinski definition) is 0. The molecule has 8 nitrogen and oxygen atoms in total. The van der Waals surface area contributed by atoms with Crippen molar-refractivity contribution in [1.82, 2.24) is 18.7 Å². The van der Waals surface area contributed by atoms with Crippen molar-refractivity contribution in [2.75, 3.05) is 40.3 Å². The van der Waals surface area contributed by atoms with Gasteiger partial charge in [0.15, 0.2) is 0 Å². The number of nitrogens with zero attached hydrogens (tertiary/aromatic N) is 4. The van der Waals surface area contributed by atoms with Gasteiger partial charge in [-0.15, -0.1) is 0 Å². The van der Waals surface area contributed by atoms with E-state index in [1.807, 2.05) is 0 Å². The molecule has 1 aliphatic heterocycles. The minimum atomic E-state index is -3.42. The lowest BCUT2D eigenvalue weighted by molar-refractivity contribution is 0.0653. The van der Waals surface area contributed by atoms with E-state index in [1.165, 1.54) is 22.7 Å². The number of piperazine rings is 1. The Morgan fingerprint density at radius 3 is 2.35 bits per heavy atom. The average molecular weight is 302 g/mol. The third kappa shape index (κ3) is 2.84. The maximum Gasteiger partial charge on any atom is 0.292 e. The van der Waals surface area contributed by atoms with Crippen molar-refractivity contribution in [3.8, 4) is 0 Å². The molecule has 0 saturated carbocycles. The Morgan fingerprint density at radius 1 is 1.30 bits per heavy atom. The summed E-state index contributed by atoms with van der Waals surface area (Å²) in [6.07, 6.45) is 0. The van der Waals surface area contributed by atoms with Crippen molar-refractivity contribution in [1.29, 1.82) is 0 Å². The monoisotopic (exact) mass is 302 g/mol. The molecule has 1 fully saturated rings. The molecule has 1 amide bonds. The molecular weight excluding hydrogens is 284 g/mol. The van der Waals surface area contributed by atoms with E-state index in [1.54, 1.807) is 17.9 Å². The minimum Gasteiger partial charge on any atom is -0.351 e. The Morgan fingerprint density at radius 2 is 1.90 bits per heavy atom. The number of aryl methyl sites for hydroxylation is 1. The Balaban J connectivity index is 2.00. The number of carbonyl (C=O) groups excluding carboxylic acids is 1. The largest absolute Gasteiger partial charge is 0.351 e. The van der Waals surface area contributed by atoms with Crippen LogP contribution in [0.15, 0.2) is 10.6 Å². The molecule has 0 N–H and O–H groups in total. The maximum atomic E-state index is 12.1. The Bertz CT molecular complexity index is 587. The lowest BCUT2D eigenvalue weighted by atomic mass is 10.3. The smallest absolute Gasteiger partial charge is 0.292 e. The summed E-state index contributed by atoms with van der Waals surface area (Å²) >= 11 is 0. The van der Waals surface area contributed by atoms with Crippen LogP contribution in [0.4, 0.5) is 0 Å². The minimum absolute atomic E-state index is 0.186. The topological polar surface area (TPSA) is 87.0 Å². The molecule has 2 heterocycles. The van der Waals surface area contributed by atoms with Crippen LogP contribution in [0.5, 0.6) is 0 Å². The van der Waals surface area contributed by atoms with Crippen molar-refractivity contribution in [2.45, 2.75) is 6.92 Å². The molecule has 0 unspecified atom stereocenters. The van der Waals surface area contributed by atoms with Gasteiger partial charge < -0.3 is 9.42 Å². The van der Waals surface area contributed by atoms with Crippen molar-refractivity contribution in [2.24, 2.45) is 0 Å². The lowest BCUT2D eigenvalue weighted by Gasteiger charge is -2.34. The number of aromatic nitrogens is 1. The zero-order valence-electron chi connectivity index (χ0n) is 11.7. The molecule has 112 valence electrons. The lowest BCUT2D eigenvalue weighted by Crippen LogP contribution is -2.53. The molecule has 20 heavy (non-hydrogen) atoms. The first-order valence-corrected chi connectivity index (χ1v) is 7.62. The van der Waals surface area contributed by atoms with Gasteiger partial charge in [-0.25, -0.2) is 0 Å². The summed E-state index contributed by atoms with van der Waals surface area (Å²) in [5.74, 6) is -0.0704. The molecule has 9 heteroatoms.